The number of benzene rings is 2. The Kier molecular flexibility index (Phi) is 6.05. The van der Waals surface area contributed by atoms with Gasteiger partial charge in [0, 0.05) is 25.9 Å². The number of piperidine rings is 1. The topological polar surface area (TPSA) is 49.4 Å². The normalized spacial score (nSPS) is 15.6. The summed E-state index contributed by atoms with van der Waals surface area (Å²) in [6.07, 6.45) is 2.94. The molecule has 1 atom stereocenters. The monoisotopic (exact) mass is 350 g/mol. The number of aryl methyl sites for hydroxylation is 1. The van der Waals surface area contributed by atoms with Crippen molar-refractivity contribution < 1.29 is 9.59 Å². The number of amides is 2. The molecule has 0 bridgehead atoms. The van der Waals surface area contributed by atoms with Crippen LogP contribution in [0.1, 0.15) is 48.4 Å². The minimum atomic E-state index is -0.179. The predicted octanol–water partition coefficient (Wildman–Crippen LogP) is 3.60. The molecule has 1 aliphatic rings. The van der Waals surface area contributed by atoms with Crippen molar-refractivity contribution in [3.8, 4) is 0 Å². The number of carbonyl (C=O) groups is 2. The molecule has 26 heavy (non-hydrogen) atoms. The van der Waals surface area contributed by atoms with Gasteiger partial charge >= 0.3 is 0 Å². The predicted molar refractivity (Wildman–Crippen MR) is 103 cm³/mol. The maximum absolute atomic E-state index is 12.6. The standard InChI is InChI=1S/C22H26N2O2/c1-17-9-5-6-12-19(17)22(18-10-3-2-4-11-18)23-20(25)14-16-24-15-8-7-13-21(24)26/h2-6,9-12,22H,7-8,13-16H2,1H3,(H,23,25)/t22-/m1/s1. The Morgan fingerprint density at radius 1 is 1.08 bits per heavy atom. The van der Waals surface area contributed by atoms with E-state index in [4.69, 9.17) is 0 Å². The second kappa shape index (κ2) is 8.65. The third-order valence-corrected chi connectivity index (χ3v) is 4.97. The van der Waals surface area contributed by atoms with Crippen molar-refractivity contribution in [2.24, 2.45) is 0 Å². The summed E-state index contributed by atoms with van der Waals surface area (Å²) in [7, 11) is 0. The third-order valence-electron chi connectivity index (χ3n) is 4.97. The minimum Gasteiger partial charge on any atom is -0.345 e. The van der Waals surface area contributed by atoms with E-state index in [-0.39, 0.29) is 17.9 Å². The van der Waals surface area contributed by atoms with Crippen LogP contribution in [0.3, 0.4) is 0 Å². The lowest BCUT2D eigenvalue weighted by atomic mass is 9.95. The van der Waals surface area contributed by atoms with Gasteiger partial charge in [-0.3, -0.25) is 9.59 Å². The van der Waals surface area contributed by atoms with E-state index in [1.54, 1.807) is 0 Å². The molecule has 2 amide bonds. The number of likely N-dealkylation sites (tertiary alicyclic amines) is 1. The Bertz CT molecular complexity index is 758. The Morgan fingerprint density at radius 3 is 2.54 bits per heavy atom. The van der Waals surface area contributed by atoms with Crippen molar-refractivity contribution in [2.45, 2.75) is 38.6 Å². The van der Waals surface area contributed by atoms with Gasteiger partial charge in [-0.25, -0.2) is 0 Å². The van der Waals surface area contributed by atoms with E-state index in [9.17, 15) is 9.59 Å². The number of nitrogens with zero attached hydrogens (tertiary/aromatic N) is 1. The lowest BCUT2D eigenvalue weighted by Gasteiger charge is -2.27. The van der Waals surface area contributed by atoms with Gasteiger partial charge in [0.15, 0.2) is 0 Å². The summed E-state index contributed by atoms with van der Waals surface area (Å²) in [5.74, 6) is 0.142. The SMILES string of the molecule is Cc1ccccc1[C@H](NC(=O)CCN1CCCCC1=O)c1ccccc1. The van der Waals surface area contributed by atoms with Gasteiger partial charge < -0.3 is 10.2 Å². The first-order valence-electron chi connectivity index (χ1n) is 9.33. The van der Waals surface area contributed by atoms with Crippen LogP contribution in [0, 0.1) is 6.92 Å². The molecule has 4 nitrogen and oxygen atoms in total. The molecule has 136 valence electrons. The number of hydrogen-bond donors (Lipinski definition) is 1. The molecule has 2 aromatic carbocycles. The van der Waals surface area contributed by atoms with E-state index in [1.165, 1.54) is 0 Å². The van der Waals surface area contributed by atoms with Gasteiger partial charge in [0.2, 0.25) is 11.8 Å². The molecule has 0 aromatic heterocycles. The van der Waals surface area contributed by atoms with E-state index in [1.807, 2.05) is 47.4 Å². The molecule has 1 aliphatic heterocycles. The molecule has 0 spiro atoms. The lowest BCUT2D eigenvalue weighted by molar-refractivity contribution is -0.133. The van der Waals surface area contributed by atoms with Gasteiger partial charge in [-0.2, -0.15) is 0 Å². The first-order chi connectivity index (χ1) is 12.6. The van der Waals surface area contributed by atoms with Crippen LogP contribution < -0.4 is 5.32 Å². The Balaban J connectivity index is 1.70. The van der Waals surface area contributed by atoms with Gasteiger partial charge in [-0.05, 0) is 36.5 Å². The summed E-state index contributed by atoms with van der Waals surface area (Å²) in [6.45, 7) is 3.33. The first kappa shape index (κ1) is 18.2. The fourth-order valence-electron chi connectivity index (χ4n) is 3.46. The zero-order valence-corrected chi connectivity index (χ0v) is 15.3. The van der Waals surface area contributed by atoms with Gasteiger partial charge in [-0.1, -0.05) is 54.6 Å². The van der Waals surface area contributed by atoms with Crippen LogP contribution in [0.5, 0.6) is 0 Å². The van der Waals surface area contributed by atoms with Crippen LogP contribution in [-0.4, -0.2) is 29.8 Å². The van der Waals surface area contributed by atoms with Crippen molar-refractivity contribution in [1.82, 2.24) is 10.2 Å². The largest absolute Gasteiger partial charge is 0.345 e. The highest BCUT2D eigenvalue weighted by Gasteiger charge is 2.21. The smallest absolute Gasteiger partial charge is 0.222 e. The number of carbonyl (C=O) groups excluding carboxylic acids is 2. The van der Waals surface area contributed by atoms with Gasteiger partial charge in [0.05, 0.1) is 6.04 Å². The molecule has 4 heteroatoms. The molecule has 0 unspecified atom stereocenters. The second-order valence-electron chi connectivity index (χ2n) is 6.86. The Hall–Kier alpha value is -2.62. The van der Waals surface area contributed by atoms with Crippen LogP contribution in [0.25, 0.3) is 0 Å². The summed E-state index contributed by atoms with van der Waals surface area (Å²) >= 11 is 0. The number of hydrogen-bond acceptors (Lipinski definition) is 2. The molecule has 1 saturated heterocycles. The lowest BCUT2D eigenvalue weighted by Crippen LogP contribution is -2.39. The number of rotatable bonds is 6. The van der Waals surface area contributed by atoms with Gasteiger partial charge in [-0.15, -0.1) is 0 Å². The van der Waals surface area contributed by atoms with Crippen molar-refractivity contribution >= 4 is 11.8 Å². The average molecular weight is 350 g/mol. The second-order valence-corrected chi connectivity index (χ2v) is 6.86. The van der Waals surface area contributed by atoms with Crippen LogP contribution in [-0.2, 0) is 9.59 Å². The first-order valence-corrected chi connectivity index (χ1v) is 9.33. The van der Waals surface area contributed by atoms with Gasteiger partial charge in [0.25, 0.3) is 0 Å². The van der Waals surface area contributed by atoms with Crippen molar-refractivity contribution in [2.75, 3.05) is 13.1 Å². The van der Waals surface area contributed by atoms with E-state index < -0.39 is 0 Å². The molecular weight excluding hydrogens is 324 g/mol. The highest BCUT2D eigenvalue weighted by Crippen LogP contribution is 2.25. The summed E-state index contributed by atoms with van der Waals surface area (Å²) in [5, 5.41) is 3.17. The summed E-state index contributed by atoms with van der Waals surface area (Å²) in [6, 6.07) is 18.0. The molecule has 1 N–H and O–H groups in total. The molecule has 1 heterocycles. The molecule has 3 rings (SSSR count). The Labute approximate surface area is 155 Å². The summed E-state index contributed by atoms with van der Waals surface area (Å²) in [4.78, 5) is 26.3. The highest BCUT2D eigenvalue weighted by molar-refractivity contribution is 5.80. The maximum atomic E-state index is 12.6. The fraction of sp³-hybridized carbons (Fsp3) is 0.364. The third kappa shape index (κ3) is 4.51. The minimum absolute atomic E-state index is 0.0273. The molecule has 2 aromatic rings. The van der Waals surface area contributed by atoms with Crippen LogP contribution in [0.15, 0.2) is 54.6 Å². The summed E-state index contributed by atoms with van der Waals surface area (Å²) < 4.78 is 0. The average Bonchev–Trinajstić information content (AvgIpc) is 2.67. The zero-order chi connectivity index (χ0) is 18.4. The molecule has 0 saturated carbocycles. The quantitative estimate of drug-likeness (QED) is 0.865. The molecule has 0 radical (unpaired) electrons. The molecular formula is C22H26N2O2. The fourth-order valence-corrected chi connectivity index (χ4v) is 3.46. The van der Waals surface area contributed by atoms with E-state index in [0.717, 1.165) is 36.1 Å². The van der Waals surface area contributed by atoms with E-state index in [2.05, 4.69) is 24.4 Å². The van der Waals surface area contributed by atoms with Crippen molar-refractivity contribution in [3.05, 3.63) is 71.3 Å². The van der Waals surface area contributed by atoms with E-state index in [0.29, 0.717) is 19.4 Å². The molecule has 0 aliphatic carbocycles. The van der Waals surface area contributed by atoms with Crippen molar-refractivity contribution in [3.63, 3.8) is 0 Å². The van der Waals surface area contributed by atoms with E-state index >= 15 is 0 Å². The van der Waals surface area contributed by atoms with Crippen LogP contribution in [0.2, 0.25) is 0 Å². The Morgan fingerprint density at radius 2 is 1.81 bits per heavy atom. The zero-order valence-electron chi connectivity index (χ0n) is 15.3. The highest BCUT2D eigenvalue weighted by atomic mass is 16.2. The van der Waals surface area contributed by atoms with Crippen molar-refractivity contribution in [1.29, 1.82) is 0 Å². The van der Waals surface area contributed by atoms with Crippen LogP contribution >= 0.6 is 0 Å². The maximum Gasteiger partial charge on any atom is 0.222 e. The number of nitrogens with one attached hydrogen (secondary N) is 1. The van der Waals surface area contributed by atoms with Crippen LogP contribution in [0.4, 0.5) is 0 Å². The molecule has 1 fully saturated rings. The summed E-state index contributed by atoms with van der Waals surface area (Å²) in [5.41, 5.74) is 3.30. The van der Waals surface area contributed by atoms with Gasteiger partial charge in [0.1, 0.15) is 0 Å².